The predicted octanol–water partition coefficient (Wildman–Crippen LogP) is 3.00. The second-order valence-electron chi connectivity index (χ2n) is 3.76. The van der Waals surface area contributed by atoms with Crippen LogP contribution in [0.5, 0.6) is 0 Å². The zero-order valence-electron chi connectivity index (χ0n) is 7.74. The molecule has 0 bridgehead atoms. The zero-order chi connectivity index (χ0) is 10.1. The Labute approximate surface area is 91.1 Å². The topological polar surface area (TPSA) is 42.2 Å². The van der Waals surface area contributed by atoms with E-state index in [0.717, 1.165) is 5.56 Å². The molecule has 0 atom stereocenters. The van der Waals surface area contributed by atoms with Crippen molar-refractivity contribution in [1.29, 1.82) is 0 Å². The first kappa shape index (κ1) is 9.77. The Morgan fingerprint density at radius 3 is 2.64 bits per heavy atom. The molecule has 1 aromatic rings. The third kappa shape index (κ3) is 1.71. The molecule has 1 aliphatic rings. The number of hydrogen-bond acceptors (Lipinski definition) is 1. The van der Waals surface area contributed by atoms with Crippen molar-refractivity contribution in [3.05, 3.63) is 23.5 Å². The Morgan fingerprint density at radius 1 is 1.50 bits per heavy atom. The lowest BCUT2D eigenvalue weighted by Gasteiger charge is -2.03. The largest absolute Gasteiger partial charge is 0.477 e. The Balaban J connectivity index is 2.27. The highest BCUT2D eigenvalue weighted by Gasteiger charge is 2.20. The maximum Gasteiger partial charge on any atom is 0.353 e. The summed E-state index contributed by atoms with van der Waals surface area (Å²) in [6.07, 6.45) is 6.78. The Kier molecular flexibility index (Phi) is 2.63. The summed E-state index contributed by atoms with van der Waals surface area (Å²) in [6.45, 7) is 0. The number of nitrogens with zero attached hydrogens (tertiary/aromatic N) is 1. The summed E-state index contributed by atoms with van der Waals surface area (Å²) in [5, 5.41) is 8.87. The van der Waals surface area contributed by atoms with Gasteiger partial charge in [-0.05, 0) is 30.4 Å². The maximum absolute atomic E-state index is 10.8. The molecule has 76 valence electrons. The van der Waals surface area contributed by atoms with Gasteiger partial charge in [-0.2, -0.15) is 0 Å². The van der Waals surface area contributed by atoms with Gasteiger partial charge in [0.05, 0.1) is 16.1 Å². The van der Waals surface area contributed by atoms with Gasteiger partial charge >= 0.3 is 5.97 Å². The third-order valence-electron chi connectivity index (χ3n) is 2.84. The summed E-state index contributed by atoms with van der Waals surface area (Å²) in [4.78, 5) is 10.8. The van der Waals surface area contributed by atoms with Gasteiger partial charge in [-0.1, -0.05) is 12.8 Å². The van der Waals surface area contributed by atoms with Gasteiger partial charge < -0.3 is 5.11 Å². The van der Waals surface area contributed by atoms with E-state index in [4.69, 9.17) is 5.11 Å². The van der Waals surface area contributed by atoms with Crippen molar-refractivity contribution in [3.63, 3.8) is 0 Å². The summed E-state index contributed by atoms with van der Waals surface area (Å²) in [7, 11) is 0. The van der Waals surface area contributed by atoms with Gasteiger partial charge in [0.25, 0.3) is 0 Å². The first-order chi connectivity index (χ1) is 6.68. The molecule has 1 aliphatic carbocycles. The summed E-state index contributed by atoms with van der Waals surface area (Å²) in [5.74, 6) is -0.321. The van der Waals surface area contributed by atoms with Crippen molar-refractivity contribution in [2.45, 2.75) is 31.6 Å². The highest BCUT2D eigenvalue weighted by molar-refractivity contribution is 9.08. The van der Waals surface area contributed by atoms with Crippen LogP contribution in [0.2, 0.25) is 0 Å². The number of carboxylic acids is 1. The average molecular weight is 258 g/mol. The van der Waals surface area contributed by atoms with Crippen LogP contribution in [0.1, 0.15) is 47.7 Å². The number of rotatable bonds is 2. The molecule has 0 unspecified atom stereocenters. The van der Waals surface area contributed by atoms with Crippen molar-refractivity contribution in [1.82, 2.24) is 3.59 Å². The van der Waals surface area contributed by atoms with E-state index in [9.17, 15) is 4.79 Å². The first-order valence-corrected chi connectivity index (χ1v) is 5.51. The highest BCUT2D eigenvalue weighted by atomic mass is 79.9. The Hall–Kier alpha value is -0.770. The average Bonchev–Trinajstić information content (AvgIpc) is 2.70. The van der Waals surface area contributed by atoms with Gasteiger partial charge in [0.2, 0.25) is 0 Å². The number of aromatic nitrogens is 1. The zero-order valence-corrected chi connectivity index (χ0v) is 9.33. The number of carboxylic acid groups (broad SMARTS) is 1. The lowest BCUT2D eigenvalue weighted by molar-refractivity contribution is 0.0690. The summed E-state index contributed by atoms with van der Waals surface area (Å²) >= 11 is 3.20. The minimum Gasteiger partial charge on any atom is -0.477 e. The van der Waals surface area contributed by atoms with Crippen LogP contribution < -0.4 is 0 Å². The highest BCUT2D eigenvalue weighted by Crippen LogP contribution is 2.35. The maximum atomic E-state index is 10.8. The molecule has 1 heterocycles. The molecule has 0 amide bonds. The molecule has 0 spiro atoms. The van der Waals surface area contributed by atoms with Crippen LogP contribution >= 0.6 is 16.1 Å². The lowest BCUT2D eigenvalue weighted by Crippen LogP contribution is -1.99. The van der Waals surface area contributed by atoms with Crippen LogP contribution in [0, 0.1) is 0 Å². The molecule has 0 radical (unpaired) electrons. The van der Waals surface area contributed by atoms with Crippen LogP contribution in [-0.4, -0.2) is 14.7 Å². The lowest BCUT2D eigenvalue weighted by atomic mass is 10.0. The molecule has 1 saturated carbocycles. The van der Waals surface area contributed by atoms with Gasteiger partial charge in [0.1, 0.15) is 5.69 Å². The summed E-state index contributed by atoms with van der Waals surface area (Å²) in [5.41, 5.74) is 1.46. The minimum absolute atomic E-state index is 0.312. The Morgan fingerprint density at radius 2 is 2.14 bits per heavy atom. The van der Waals surface area contributed by atoms with E-state index < -0.39 is 5.97 Å². The normalized spacial score (nSPS) is 17.5. The molecule has 4 heteroatoms. The van der Waals surface area contributed by atoms with Gasteiger partial charge in [-0.15, -0.1) is 0 Å². The van der Waals surface area contributed by atoms with Crippen LogP contribution in [0.3, 0.4) is 0 Å². The van der Waals surface area contributed by atoms with E-state index in [0.29, 0.717) is 11.6 Å². The molecule has 14 heavy (non-hydrogen) atoms. The smallest absolute Gasteiger partial charge is 0.353 e. The molecular weight excluding hydrogens is 246 g/mol. The predicted molar refractivity (Wildman–Crippen MR) is 56.9 cm³/mol. The summed E-state index contributed by atoms with van der Waals surface area (Å²) < 4.78 is 1.52. The first-order valence-electron chi connectivity index (χ1n) is 4.80. The van der Waals surface area contributed by atoms with Gasteiger partial charge in [0, 0.05) is 6.20 Å². The van der Waals surface area contributed by atoms with E-state index in [1.807, 2.05) is 6.20 Å². The van der Waals surface area contributed by atoms with Crippen molar-refractivity contribution in [2.24, 2.45) is 0 Å². The van der Waals surface area contributed by atoms with E-state index in [2.05, 4.69) is 16.1 Å². The van der Waals surface area contributed by atoms with Crippen molar-refractivity contribution in [2.75, 3.05) is 0 Å². The minimum atomic E-state index is -0.883. The second-order valence-corrected chi connectivity index (χ2v) is 4.52. The molecule has 3 nitrogen and oxygen atoms in total. The van der Waals surface area contributed by atoms with Gasteiger partial charge in [-0.25, -0.2) is 4.79 Å². The monoisotopic (exact) mass is 257 g/mol. The number of halogens is 1. The van der Waals surface area contributed by atoms with E-state index in [-0.39, 0.29) is 0 Å². The Bertz CT molecular complexity index is 353. The number of carbonyl (C=O) groups is 1. The van der Waals surface area contributed by atoms with Crippen LogP contribution in [0.15, 0.2) is 12.3 Å². The van der Waals surface area contributed by atoms with Crippen molar-refractivity contribution < 1.29 is 9.90 Å². The van der Waals surface area contributed by atoms with Gasteiger partial charge in [-0.3, -0.25) is 3.59 Å². The van der Waals surface area contributed by atoms with Crippen LogP contribution in [0.4, 0.5) is 0 Å². The standard InChI is InChI=1S/C10H12BrNO2/c11-12-6-8(5-9(12)10(13)14)7-3-1-2-4-7/h5-7H,1-4H2,(H,13,14). The molecule has 0 saturated heterocycles. The van der Waals surface area contributed by atoms with Crippen molar-refractivity contribution in [3.8, 4) is 0 Å². The molecule has 2 rings (SSSR count). The van der Waals surface area contributed by atoms with Crippen LogP contribution in [0.25, 0.3) is 0 Å². The fraction of sp³-hybridized carbons (Fsp3) is 0.500. The van der Waals surface area contributed by atoms with E-state index in [1.165, 1.54) is 29.3 Å². The molecule has 1 N–H and O–H groups in total. The quantitative estimate of drug-likeness (QED) is 0.885. The van der Waals surface area contributed by atoms with Gasteiger partial charge in [0.15, 0.2) is 0 Å². The second kappa shape index (κ2) is 3.77. The third-order valence-corrected chi connectivity index (χ3v) is 3.43. The van der Waals surface area contributed by atoms with E-state index in [1.54, 1.807) is 6.07 Å². The SMILES string of the molecule is O=C(O)c1cc(C2CCCC2)cn1Br. The molecule has 0 aliphatic heterocycles. The van der Waals surface area contributed by atoms with E-state index >= 15 is 0 Å². The number of aromatic carboxylic acids is 1. The summed E-state index contributed by atoms with van der Waals surface area (Å²) in [6, 6.07) is 1.77. The fourth-order valence-electron chi connectivity index (χ4n) is 2.09. The molecule has 1 fully saturated rings. The molecule has 0 aromatic carbocycles. The fourth-order valence-corrected chi connectivity index (χ4v) is 2.58. The number of hydrogen-bond donors (Lipinski definition) is 1. The molecular formula is C10H12BrNO2. The van der Waals surface area contributed by atoms with Crippen LogP contribution in [-0.2, 0) is 0 Å². The van der Waals surface area contributed by atoms with Crippen molar-refractivity contribution >= 4 is 22.1 Å². The molecule has 1 aromatic heterocycles.